The van der Waals surface area contributed by atoms with E-state index in [2.05, 4.69) is 20.8 Å². The van der Waals surface area contributed by atoms with Gasteiger partial charge in [-0.3, -0.25) is 23.4 Å². The molecule has 18 unspecified atom stereocenters. The van der Waals surface area contributed by atoms with Crippen molar-refractivity contribution < 1.29 is 117 Å². The van der Waals surface area contributed by atoms with Gasteiger partial charge in [0.1, 0.15) is 98.7 Å². The SMILES string of the molecule is CCCCCCCCCCCCCCCCCCC(=O)OCC(COP(=O)(O)OC1C(OC2OC(CO)C(O)C(O)C2O)C(O)C(O)C(O)C1OC1OC(COC(=O)CCCCCCCCCCCCC)C(O)C(O)C1O)OC(=O)CCCCCCCCCCCCCCCCCC. The molecule has 3 rings (SSSR count). The van der Waals surface area contributed by atoms with E-state index in [0.29, 0.717) is 19.3 Å². The zero-order valence-corrected chi connectivity index (χ0v) is 61.2. The Labute approximate surface area is 587 Å². The standard InChI is InChI=1S/C73H137O24P/c1-4-7-10-13-16-19-22-24-26-28-30-33-36-38-41-44-47-57(75)89-51-54(92-59(77)49-46-43-40-37-34-31-29-27-25-23-20-17-14-11-8-5-2)52-91-98(87,88)97-71-69(95-72-67(85)62(80)60(78)55(50-74)93-72)65(83)64(82)66(84)70(71)96-73-68(86)63(81)61(79)56(94-73)53-90-58(76)48-45-42-39-35-32-21-18-15-12-9-6-3/h54-56,60-74,78-86H,4-53H2,1-3H3,(H,87,88). The monoisotopic (exact) mass is 1430 g/mol. The van der Waals surface area contributed by atoms with Crippen LogP contribution in [0.25, 0.3) is 0 Å². The van der Waals surface area contributed by atoms with E-state index in [9.17, 15) is 74.9 Å². The van der Waals surface area contributed by atoms with Crippen LogP contribution in [-0.2, 0) is 61.2 Å². The number of esters is 3. The van der Waals surface area contributed by atoms with Crippen LogP contribution in [0.2, 0.25) is 0 Å². The fraction of sp³-hybridized carbons (Fsp3) is 0.959. The lowest BCUT2D eigenvalue weighted by molar-refractivity contribution is -0.360. The maximum Gasteiger partial charge on any atom is 0.472 e. The summed E-state index contributed by atoms with van der Waals surface area (Å²) in [6, 6.07) is 0. The summed E-state index contributed by atoms with van der Waals surface area (Å²) in [5.74, 6) is -1.97. The summed E-state index contributed by atoms with van der Waals surface area (Å²) in [5.41, 5.74) is 0. The van der Waals surface area contributed by atoms with E-state index in [0.717, 1.165) is 89.9 Å². The van der Waals surface area contributed by atoms with Crippen molar-refractivity contribution in [2.24, 2.45) is 0 Å². The van der Waals surface area contributed by atoms with Crippen LogP contribution in [0, 0.1) is 0 Å². The van der Waals surface area contributed by atoms with Gasteiger partial charge in [-0.1, -0.05) is 278 Å². The molecule has 0 aromatic heterocycles. The molecular weight excluding hydrogens is 1290 g/mol. The van der Waals surface area contributed by atoms with Crippen molar-refractivity contribution in [1.29, 1.82) is 0 Å². The number of phosphoric ester groups is 1. The number of aliphatic hydroxyl groups is 10. The zero-order chi connectivity index (χ0) is 71.8. The van der Waals surface area contributed by atoms with Crippen molar-refractivity contribution >= 4 is 25.7 Å². The number of unbranched alkanes of at least 4 members (excludes halogenated alkanes) is 40. The molecule has 24 nitrogen and oxygen atoms in total. The lowest BCUT2D eigenvalue weighted by Gasteiger charge is -2.49. The maximum atomic E-state index is 14.3. The highest BCUT2D eigenvalue weighted by Gasteiger charge is 2.58. The fourth-order valence-corrected chi connectivity index (χ4v) is 14.0. The van der Waals surface area contributed by atoms with Crippen LogP contribution >= 0.6 is 7.82 Å². The van der Waals surface area contributed by atoms with E-state index in [-0.39, 0.29) is 19.3 Å². The molecule has 98 heavy (non-hydrogen) atoms. The Balaban J connectivity index is 1.72. The first kappa shape index (κ1) is 90.2. The van der Waals surface area contributed by atoms with Crippen molar-refractivity contribution in [3.8, 4) is 0 Å². The number of rotatable bonds is 61. The Hall–Kier alpha value is -2.04. The summed E-state index contributed by atoms with van der Waals surface area (Å²) in [5, 5.41) is 110. The molecule has 578 valence electrons. The highest BCUT2D eigenvalue weighted by atomic mass is 31.2. The van der Waals surface area contributed by atoms with Gasteiger partial charge in [0.05, 0.1) is 13.2 Å². The molecule has 18 atom stereocenters. The summed E-state index contributed by atoms with van der Waals surface area (Å²) in [6.45, 7) is 3.47. The van der Waals surface area contributed by atoms with E-state index in [1.54, 1.807) is 0 Å². The Morgan fingerprint density at radius 1 is 0.357 bits per heavy atom. The Kier molecular flexibility index (Phi) is 51.0. The van der Waals surface area contributed by atoms with E-state index in [1.807, 2.05) is 0 Å². The third kappa shape index (κ3) is 38.1. The molecule has 2 aliphatic heterocycles. The van der Waals surface area contributed by atoms with Gasteiger partial charge in [0.25, 0.3) is 0 Å². The summed E-state index contributed by atoms with van der Waals surface area (Å²) < 4.78 is 65.1. The molecule has 2 saturated heterocycles. The van der Waals surface area contributed by atoms with Crippen molar-refractivity contribution in [2.75, 3.05) is 26.4 Å². The highest BCUT2D eigenvalue weighted by Crippen LogP contribution is 2.49. The number of hydrogen-bond donors (Lipinski definition) is 11. The van der Waals surface area contributed by atoms with Crippen molar-refractivity contribution in [1.82, 2.24) is 0 Å². The van der Waals surface area contributed by atoms with Crippen LogP contribution < -0.4 is 0 Å². The summed E-state index contributed by atoms with van der Waals surface area (Å²) in [4.78, 5) is 51.0. The predicted molar refractivity (Wildman–Crippen MR) is 370 cm³/mol. The van der Waals surface area contributed by atoms with Crippen LogP contribution in [0.3, 0.4) is 0 Å². The summed E-state index contributed by atoms with van der Waals surface area (Å²) >= 11 is 0. The maximum absolute atomic E-state index is 14.3. The number of aliphatic hydroxyl groups excluding tert-OH is 10. The molecule has 11 N–H and O–H groups in total. The van der Waals surface area contributed by atoms with Gasteiger partial charge in [-0.25, -0.2) is 4.57 Å². The first-order valence-electron chi connectivity index (χ1n) is 38.8. The van der Waals surface area contributed by atoms with Gasteiger partial charge >= 0.3 is 25.7 Å². The number of hydrogen-bond acceptors (Lipinski definition) is 23. The Morgan fingerprint density at radius 2 is 0.653 bits per heavy atom. The second kappa shape index (κ2) is 55.4. The van der Waals surface area contributed by atoms with Gasteiger partial charge < -0.3 is 89.1 Å². The smallest absolute Gasteiger partial charge is 0.463 e. The minimum Gasteiger partial charge on any atom is -0.463 e. The van der Waals surface area contributed by atoms with Gasteiger partial charge in [-0.05, 0) is 19.3 Å². The molecule has 0 radical (unpaired) electrons. The molecule has 0 aromatic rings. The zero-order valence-electron chi connectivity index (χ0n) is 60.3. The van der Waals surface area contributed by atoms with Gasteiger partial charge in [0.15, 0.2) is 18.7 Å². The third-order valence-electron chi connectivity index (χ3n) is 19.4. The van der Waals surface area contributed by atoms with Crippen LogP contribution in [0.1, 0.15) is 316 Å². The second-order valence-corrected chi connectivity index (χ2v) is 29.5. The largest absolute Gasteiger partial charge is 0.472 e. The van der Waals surface area contributed by atoms with Crippen LogP contribution in [0.15, 0.2) is 0 Å². The number of carbonyl (C=O) groups excluding carboxylic acids is 3. The van der Waals surface area contributed by atoms with Crippen molar-refractivity contribution in [2.45, 2.75) is 420 Å². The van der Waals surface area contributed by atoms with Crippen molar-refractivity contribution in [3.63, 3.8) is 0 Å². The highest BCUT2D eigenvalue weighted by molar-refractivity contribution is 7.47. The molecule has 1 saturated carbocycles. The summed E-state index contributed by atoms with van der Waals surface area (Å²) in [6.07, 6.45) is 13.1. The van der Waals surface area contributed by atoms with Crippen LogP contribution in [0.4, 0.5) is 0 Å². The van der Waals surface area contributed by atoms with Crippen molar-refractivity contribution in [3.05, 3.63) is 0 Å². The topological polar surface area (TPSA) is 374 Å². The molecule has 0 aromatic carbocycles. The molecule has 3 fully saturated rings. The molecule has 0 bridgehead atoms. The second-order valence-electron chi connectivity index (χ2n) is 28.1. The lowest BCUT2D eigenvalue weighted by atomic mass is 9.84. The minimum absolute atomic E-state index is 0.0327. The minimum atomic E-state index is -5.69. The first-order valence-corrected chi connectivity index (χ1v) is 40.3. The van der Waals surface area contributed by atoms with E-state index in [4.69, 9.17) is 42.2 Å². The van der Waals surface area contributed by atoms with E-state index < -0.39 is 156 Å². The fourth-order valence-electron chi connectivity index (χ4n) is 13.1. The molecule has 0 amide bonds. The molecule has 1 aliphatic carbocycles. The predicted octanol–water partition coefficient (Wildman–Crippen LogP) is 11.0. The average Bonchev–Trinajstić information content (AvgIpc) is 0.767. The molecule has 3 aliphatic rings. The van der Waals surface area contributed by atoms with Gasteiger partial charge in [0.2, 0.25) is 0 Å². The van der Waals surface area contributed by atoms with Gasteiger partial charge in [-0.2, -0.15) is 0 Å². The molecule has 25 heteroatoms. The quantitative estimate of drug-likeness (QED) is 0.0117. The molecule has 0 spiro atoms. The normalized spacial score (nSPS) is 27.6. The lowest BCUT2D eigenvalue weighted by Crippen LogP contribution is -2.69. The summed E-state index contributed by atoms with van der Waals surface area (Å²) in [7, 11) is -5.69. The average molecular weight is 1430 g/mol. The number of carbonyl (C=O) groups is 3. The van der Waals surface area contributed by atoms with E-state index >= 15 is 0 Å². The van der Waals surface area contributed by atoms with Crippen LogP contribution in [-0.4, -0.2) is 204 Å². The van der Waals surface area contributed by atoms with Gasteiger partial charge in [-0.15, -0.1) is 0 Å². The van der Waals surface area contributed by atoms with Crippen LogP contribution in [0.5, 0.6) is 0 Å². The molecular formula is C73H137O24P. The first-order chi connectivity index (χ1) is 47.3. The van der Waals surface area contributed by atoms with Gasteiger partial charge in [0, 0.05) is 19.3 Å². The number of phosphoric acid groups is 1. The Morgan fingerprint density at radius 3 is 1.00 bits per heavy atom. The number of ether oxygens (including phenoxy) is 7. The molecule has 2 heterocycles. The Bertz CT molecular complexity index is 2030. The third-order valence-corrected chi connectivity index (χ3v) is 20.4. The van der Waals surface area contributed by atoms with E-state index in [1.165, 1.54) is 167 Å².